The summed E-state index contributed by atoms with van der Waals surface area (Å²) in [6.45, 7) is 6.71. The van der Waals surface area contributed by atoms with E-state index < -0.39 is 10.2 Å². The molecular weight excluding hydrogens is 274 g/mol. The smallest absolute Gasteiger partial charge is 0.301 e. The summed E-state index contributed by atoms with van der Waals surface area (Å²) in [4.78, 5) is 0. The van der Waals surface area contributed by atoms with E-state index in [9.17, 15) is 8.42 Å². The van der Waals surface area contributed by atoms with Gasteiger partial charge < -0.3 is 5.32 Å². The minimum absolute atomic E-state index is 0.363. The van der Waals surface area contributed by atoms with E-state index in [1.54, 1.807) is 0 Å². The predicted molar refractivity (Wildman–Crippen MR) is 83.3 cm³/mol. The molecule has 1 heterocycles. The van der Waals surface area contributed by atoms with E-state index in [1.165, 1.54) is 9.87 Å². The lowest BCUT2D eigenvalue weighted by atomic mass is 9.98. The van der Waals surface area contributed by atoms with Crippen LogP contribution in [0.2, 0.25) is 0 Å². The van der Waals surface area contributed by atoms with Gasteiger partial charge in [0, 0.05) is 19.1 Å². The first-order valence-corrected chi connectivity index (χ1v) is 8.58. The van der Waals surface area contributed by atoms with E-state index in [4.69, 9.17) is 0 Å². The zero-order valence-corrected chi connectivity index (χ0v) is 13.1. The van der Waals surface area contributed by atoms with E-state index in [-0.39, 0.29) is 0 Å². The number of nitrogens with zero attached hydrogens (tertiary/aromatic N) is 1. The molecule has 0 saturated heterocycles. The number of fused-ring (bicyclic) bond motifs is 1. The van der Waals surface area contributed by atoms with Crippen LogP contribution < -0.4 is 10.0 Å². The van der Waals surface area contributed by atoms with Crippen LogP contribution in [0.4, 0.5) is 11.4 Å². The van der Waals surface area contributed by atoms with E-state index in [0.717, 1.165) is 18.5 Å². The molecule has 1 aromatic rings. The van der Waals surface area contributed by atoms with Crippen molar-refractivity contribution < 1.29 is 8.42 Å². The van der Waals surface area contributed by atoms with Crippen molar-refractivity contribution in [1.29, 1.82) is 0 Å². The van der Waals surface area contributed by atoms with Crippen LogP contribution >= 0.6 is 0 Å². The zero-order chi connectivity index (χ0) is 14.8. The van der Waals surface area contributed by atoms with Crippen LogP contribution in [0.3, 0.4) is 0 Å². The Labute approximate surface area is 121 Å². The summed E-state index contributed by atoms with van der Waals surface area (Å²) in [5, 5.41) is 3.38. The topological polar surface area (TPSA) is 61.4 Å². The Morgan fingerprint density at radius 3 is 2.70 bits per heavy atom. The van der Waals surface area contributed by atoms with Crippen molar-refractivity contribution in [3.8, 4) is 0 Å². The first-order valence-electron chi connectivity index (χ1n) is 7.14. The summed E-state index contributed by atoms with van der Waals surface area (Å²) in [5.41, 5.74) is 2.73. The Morgan fingerprint density at radius 1 is 1.35 bits per heavy atom. The molecule has 1 aliphatic heterocycles. The maximum absolute atomic E-state index is 12.3. The third-order valence-electron chi connectivity index (χ3n) is 3.67. The first kappa shape index (κ1) is 15.1. The van der Waals surface area contributed by atoms with Crippen LogP contribution in [0.15, 0.2) is 18.2 Å². The van der Waals surface area contributed by atoms with Crippen LogP contribution in [0.25, 0.3) is 0 Å². The maximum Gasteiger partial charge on any atom is 0.301 e. The maximum atomic E-state index is 12.3. The highest BCUT2D eigenvalue weighted by molar-refractivity contribution is 7.90. The largest absolute Gasteiger partial charge is 0.381 e. The number of nitrogens with one attached hydrogen (secondary N) is 2. The highest BCUT2D eigenvalue weighted by atomic mass is 32.2. The van der Waals surface area contributed by atoms with Gasteiger partial charge in [-0.25, -0.2) is 0 Å². The molecule has 0 bridgehead atoms. The number of aryl methyl sites for hydroxylation is 1. The van der Waals surface area contributed by atoms with E-state index in [1.807, 2.05) is 32.0 Å². The van der Waals surface area contributed by atoms with Crippen LogP contribution in [0, 0.1) is 0 Å². The second-order valence-corrected chi connectivity index (χ2v) is 6.79. The molecule has 1 aliphatic rings. The van der Waals surface area contributed by atoms with Gasteiger partial charge in [0.2, 0.25) is 0 Å². The summed E-state index contributed by atoms with van der Waals surface area (Å²) in [6.07, 6.45) is 2.05. The molecule has 0 aliphatic carbocycles. The van der Waals surface area contributed by atoms with Gasteiger partial charge in [0.1, 0.15) is 0 Å². The lowest BCUT2D eigenvalue weighted by Gasteiger charge is -2.27. The van der Waals surface area contributed by atoms with E-state index >= 15 is 0 Å². The molecule has 0 amide bonds. The van der Waals surface area contributed by atoms with Gasteiger partial charge in [0.25, 0.3) is 0 Å². The SMILES string of the molecule is CCN(CC)S(=O)(=O)Nc1cccc2c1NC(C)CC2. The van der Waals surface area contributed by atoms with Crippen LogP contribution in [-0.2, 0) is 16.6 Å². The molecule has 5 nitrogen and oxygen atoms in total. The fourth-order valence-corrected chi connectivity index (χ4v) is 3.78. The average Bonchev–Trinajstić information content (AvgIpc) is 2.40. The van der Waals surface area contributed by atoms with Crippen LogP contribution in [0.5, 0.6) is 0 Å². The standard InChI is InChI=1S/C14H23N3O2S/c1-4-17(5-2)20(18,19)16-13-8-6-7-12-10-9-11(3)15-14(12)13/h6-8,11,15-16H,4-5,9-10H2,1-3H3. The zero-order valence-electron chi connectivity index (χ0n) is 12.3. The number of anilines is 2. The van der Waals surface area contributed by atoms with Gasteiger partial charge in [-0.05, 0) is 31.4 Å². The fourth-order valence-electron chi connectivity index (χ4n) is 2.52. The van der Waals surface area contributed by atoms with Gasteiger partial charge in [-0.15, -0.1) is 0 Å². The number of hydrogen-bond acceptors (Lipinski definition) is 3. The lowest BCUT2D eigenvalue weighted by Crippen LogP contribution is -2.36. The minimum atomic E-state index is -3.48. The predicted octanol–water partition coefficient (Wildman–Crippen LogP) is 2.43. The number of hydrogen-bond donors (Lipinski definition) is 2. The summed E-state index contributed by atoms with van der Waals surface area (Å²) in [7, 11) is -3.48. The molecule has 112 valence electrons. The molecule has 0 radical (unpaired) electrons. The normalized spacial score (nSPS) is 18.5. The molecule has 0 spiro atoms. The Morgan fingerprint density at radius 2 is 2.05 bits per heavy atom. The Hall–Kier alpha value is -1.27. The molecular formula is C14H23N3O2S. The quantitative estimate of drug-likeness (QED) is 0.877. The lowest BCUT2D eigenvalue weighted by molar-refractivity contribution is 0.449. The summed E-state index contributed by atoms with van der Waals surface area (Å²) >= 11 is 0. The monoisotopic (exact) mass is 297 g/mol. The third-order valence-corrected chi connectivity index (χ3v) is 5.35. The second-order valence-electron chi connectivity index (χ2n) is 5.12. The van der Waals surface area contributed by atoms with E-state index in [0.29, 0.717) is 24.8 Å². The van der Waals surface area contributed by atoms with Gasteiger partial charge in [0.05, 0.1) is 11.4 Å². The van der Waals surface area contributed by atoms with Gasteiger partial charge in [-0.1, -0.05) is 26.0 Å². The summed E-state index contributed by atoms with van der Waals surface area (Å²) < 4.78 is 28.8. The van der Waals surface area contributed by atoms with Gasteiger partial charge in [0.15, 0.2) is 0 Å². The molecule has 0 saturated carbocycles. The van der Waals surface area contributed by atoms with Crippen molar-refractivity contribution in [2.75, 3.05) is 23.1 Å². The van der Waals surface area contributed by atoms with Crippen molar-refractivity contribution in [3.05, 3.63) is 23.8 Å². The molecule has 0 fully saturated rings. The van der Waals surface area contributed by atoms with Crippen molar-refractivity contribution in [2.45, 2.75) is 39.7 Å². The highest BCUT2D eigenvalue weighted by Crippen LogP contribution is 2.32. The van der Waals surface area contributed by atoms with Crippen molar-refractivity contribution in [3.63, 3.8) is 0 Å². The second kappa shape index (κ2) is 6.01. The number of benzene rings is 1. The molecule has 2 N–H and O–H groups in total. The summed E-state index contributed by atoms with van der Waals surface area (Å²) in [6, 6.07) is 6.12. The average molecular weight is 297 g/mol. The van der Waals surface area contributed by atoms with Crippen molar-refractivity contribution in [1.82, 2.24) is 4.31 Å². The molecule has 1 atom stereocenters. The molecule has 6 heteroatoms. The number of rotatable bonds is 5. The van der Waals surface area contributed by atoms with Gasteiger partial charge in [-0.2, -0.15) is 12.7 Å². The Balaban J connectivity index is 2.31. The molecule has 20 heavy (non-hydrogen) atoms. The third kappa shape index (κ3) is 3.07. The highest BCUT2D eigenvalue weighted by Gasteiger charge is 2.22. The van der Waals surface area contributed by atoms with Crippen molar-refractivity contribution in [2.24, 2.45) is 0 Å². The molecule has 0 aromatic heterocycles. The molecule has 1 aromatic carbocycles. The van der Waals surface area contributed by atoms with Crippen LogP contribution in [-0.4, -0.2) is 31.9 Å². The Bertz CT molecular complexity index is 568. The van der Waals surface area contributed by atoms with Crippen LogP contribution in [0.1, 0.15) is 32.8 Å². The molecule has 1 unspecified atom stereocenters. The minimum Gasteiger partial charge on any atom is -0.381 e. The van der Waals surface area contributed by atoms with E-state index in [2.05, 4.69) is 17.0 Å². The summed E-state index contributed by atoms with van der Waals surface area (Å²) in [5.74, 6) is 0. The van der Waals surface area contributed by atoms with Crippen molar-refractivity contribution >= 4 is 21.6 Å². The molecule has 2 rings (SSSR count). The Kier molecular flexibility index (Phi) is 4.55. The van der Waals surface area contributed by atoms with Gasteiger partial charge in [-0.3, -0.25) is 4.72 Å². The first-order chi connectivity index (χ1) is 9.47. The van der Waals surface area contributed by atoms with Gasteiger partial charge >= 0.3 is 10.2 Å². The fraction of sp³-hybridized carbons (Fsp3) is 0.571. The number of para-hydroxylation sites is 1.